The van der Waals surface area contributed by atoms with Crippen molar-refractivity contribution in [2.45, 2.75) is 45.6 Å². The molecule has 5 heteroatoms. The lowest BCUT2D eigenvalue weighted by molar-refractivity contribution is 0.0696. The molecular weight excluding hydrogens is 343 g/mol. The quantitative estimate of drug-likeness (QED) is 0.748. The standard InChI is InChI=1S/C22H25FN2O2/c1-13-11-22(3,4)25(5)20-10-18(23)15(9-17(13)20)12-24-19-8-6-7-16(14(19)2)21(26)27/h6-10,12-13H,11H2,1-5H3,(H,26,27). The average Bonchev–Trinajstić information content (AvgIpc) is 2.59. The molecule has 0 bridgehead atoms. The molecule has 0 fully saturated rings. The molecule has 0 radical (unpaired) electrons. The average molecular weight is 368 g/mol. The summed E-state index contributed by atoms with van der Waals surface area (Å²) in [6.45, 7) is 8.20. The van der Waals surface area contributed by atoms with Crippen molar-refractivity contribution in [1.82, 2.24) is 0 Å². The normalized spacial score (nSPS) is 18.6. The molecule has 142 valence electrons. The van der Waals surface area contributed by atoms with E-state index >= 15 is 0 Å². The van der Waals surface area contributed by atoms with Crippen molar-refractivity contribution in [3.05, 3.63) is 58.4 Å². The Morgan fingerprint density at radius 2 is 2.07 bits per heavy atom. The van der Waals surface area contributed by atoms with Gasteiger partial charge in [0.25, 0.3) is 0 Å². The third kappa shape index (κ3) is 3.46. The SMILES string of the molecule is Cc1c(N=Cc2cc3c(cc2F)N(C)C(C)(C)CC3C)cccc1C(=O)O. The number of hydrogen-bond donors (Lipinski definition) is 1. The summed E-state index contributed by atoms with van der Waals surface area (Å²) in [4.78, 5) is 17.8. The Labute approximate surface area is 159 Å². The van der Waals surface area contributed by atoms with Crippen molar-refractivity contribution in [2.75, 3.05) is 11.9 Å². The number of carboxylic acids is 1. The molecule has 1 heterocycles. The smallest absolute Gasteiger partial charge is 0.336 e. The van der Waals surface area contributed by atoms with Gasteiger partial charge in [-0.25, -0.2) is 9.18 Å². The summed E-state index contributed by atoms with van der Waals surface area (Å²) < 4.78 is 14.7. The molecule has 2 aromatic rings. The van der Waals surface area contributed by atoms with Crippen LogP contribution in [0.15, 0.2) is 35.3 Å². The first kappa shape index (κ1) is 19.1. The highest BCUT2D eigenvalue weighted by atomic mass is 19.1. The molecule has 0 amide bonds. The van der Waals surface area contributed by atoms with Gasteiger partial charge in [0, 0.05) is 30.1 Å². The van der Waals surface area contributed by atoms with Gasteiger partial charge in [0.15, 0.2) is 0 Å². The van der Waals surface area contributed by atoms with Gasteiger partial charge >= 0.3 is 5.97 Å². The summed E-state index contributed by atoms with van der Waals surface area (Å²) in [5.74, 6) is -1.01. The minimum absolute atomic E-state index is 0.0250. The van der Waals surface area contributed by atoms with Crippen molar-refractivity contribution in [3.8, 4) is 0 Å². The molecule has 4 nitrogen and oxygen atoms in total. The van der Waals surface area contributed by atoms with E-state index in [2.05, 4.69) is 30.7 Å². The van der Waals surface area contributed by atoms with Crippen LogP contribution in [0, 0.1) is 12.7 Å². The molecular formula is C22H25FN2O2. The number of carbonyl (C=O) groups is 1. The lowest BCUT2D eigenvalue weighted by atomic mass is 9.80. The molecule has 1 aliphatic rings. The maximum atomic E-state index is 14.7. The van der Waals surface area contributed by atoms with Crippen LogP contribution in [0.25, 0.3) is 0 Å². The van der Waals surface area contributed by atoms with Gasteiger partial charge in [0.2, 0.25) is 0 Å². The molecule has 0 aliphatic carbocycles. The van der Waals surface area contributed by atoms with Gasteiger partial charge in [-0.1, -0.05) is 13.0 Å². The highest BCUT2D eigenvalue weighted by Gasteiger charge is 2.34. The van der Waals surface area contributed by atoms with E-state index in [-0.39, 0.29) is 16.9 Å². The number of aromatic carboxylic acids is 1. The van der Waals surface area contributed by atoms with Crippen molar-refractivity contribution in [3.63, 3.8) is 0 Å². The maximum absolute atomic E-state index is 14.7. The van der Waals surface area contributed by atoms with E-state index in [0.29, 0.717) is 22.7 Å². The third-order valence-corrected chi connectivity index (χ3v) is 5.63. The maximum Gasteiger partial charge on any atom is 0.336 e. The number of carboxylic acid groups (broad SMARTS) is 1. The number of benzene rings is 2. The molecule has 27 heavy (non-hydrogen) atoms. The summed E-state index contributed by atoms with van der Waals surface area (Å²) in [6, 6.07) is 8.35. The second-order valence-electron chi connectivity index (χ2n) is 7.92. The molecule has 3 rings (SSSR count). The van der Waals surface area contributed by atoms with Gasteiger partial charge in [-0.3, -0.25) is 4.99 Å². The van der Waals surface area contributed by atoms with E-state index in [1.54, 1.807) is 25.1 Å². The summed E-state index contributed by atoms with van der Waals surface area (Å²) in [6.07, 6.45) is 2.47. The first-order valence-corrected chi connectivity index (χ1v) is 9.06. The van der Waals surface area contributed by atoms with E-state index in [9.17, 15) is 14.3 Å². The van der Waals surface area contributed by atoms with Gasteiger partial charge in [0.05, 0.1) is 11.3 Å². The molecule has 0 saturated heterocycles. The van der Waals surface area contributed by atoms with E-state index < -0.39 is 5.97 Å². The predicted octanol–water partition coefficient (Wildman–Crippen LogP) is 5.30. The van der Waals surface area contributed by atoms with Crippen LogP contribution >= 0.6 is 0 Å². The molecule has 1 aliphatic heterocycles. The van der Waals surface area contributed by atoms with Crippen LogP contribution in [0.3, 0.4) is 0 Å². The van der Waals surface area contributed by atoms with Crippen LogP contribution in [0.1, 0.15) is 60.2 Å². The van der Waals surface area contributed by atoms with Crippen molar-refractivity contribution in [1.29, 1.82) is 0 Å². The topological polar surface area (TPSA) is 52.9 Å². The molecule has 0 spiro atoms. The van der Waals surface area contributed by atoms with Crippen LogP contribution in [-0.2, 0) is 0 Å². The van der Waals surface area contributed by atoms with Crippen LogP contribution in [0.5, 0.6) is 0 Å². The van der Waals surface area contributed by atoms with Crippen LogP contribution in [0.4, 0.5) is 15.8 Å². The number of nitrogens with zero attached hydrogens (tertiary/aromatic N) is 2. The first-order valence-electron chi connectivity index (χ1n) is 9.06. The number of aliphatic imine (C=N–C) groups is 1. The van der Waals surface area contributed by atoms with Crippen molar-refractivity contribution in [2.24, 2.45) is 4.99 Å². The van der Waals surface area contributed by atoms with Gasteiger partial charge < -0.3 is 10.0 Å². The molecule has 2 aromatic carbocycles. The minimum Gasteiger partial charge on any atom is -0.478 e. The largest absolute Gasteiger partial charge is 0.478 e. The highest BCUT2D eigenvalue weighted by molar-refractivity contribution is 5.92. The number of anilines is 1. The van der Waals surface area contributed by atoms with E-state index in [0.717, 1.165) is 17.7 Å². The van der Waals surface area contributed by atoms with Crippen LogP contribution in [-0.4, -0.2) is 29.9 Å². The summed E-state index contributed by atoms with van der Waals surface area (Å²) in [5, 5.41) is 9.23. The lowest BCUT2D eigenvalue weighted by Crippen LogP contribution is -2.45. The van der Waals surface area contributed by atoms with Gasteiger partial charge in [-0.2, -0.15) is 0 Å². The summed E-state index contributed by atoms with van der Waals surface area (Å²) in [5.41, 5.74) is 3.70. The fourth-order valence-electron chi connectivity index (χ4n) is 3.84. The Hall–Kier alpha value is -2.69. The van der Waals surface area contributed by atoms with Gasteiger partial charge in [0.1, 0.15) is 5.82 Å². The fourth-order valence-corrected chi connectivity index (χ4v) is 3.84. The number of rotatable bonds is 3. The summed E-state index contributed by atoms with van der Waals surface area (Å²) in [7, 11) is 2.00. The zero-order chi connectivity index (χ0) is 19.9. The molecule has 1 atom stereocenters. The van der Waals surface area contributed by atoms with Gasteiger partial charge in [-0.15, -0.1) is 0 Å². The summed E-state index contributed by atoms with van der Waals surface area (Å²) >= 11 is 0. The minimum atomic E-state index is -0.996. The van der Waals surface area contributed by atoms with Crippen LogP contribution in [0.2, 0.25) is 0 Å². The third-order valence-electron chi connectivity index (χ3n) is 5.63. The van der Waals surface area contributed by atoms with Gasteiger partial charge in [-0.05, 0) is 68.5 Å². The van der Waals surface area contributed by atoms with Crippen LogP contribution < -0.4 is 4.90 Å². The monoisotopic (exact) mass is 368 g/mol. The Balaban J connectivity index is 2.01. The Bertz CT molecular complexity index is 934. The second kappa shape index (κ2) is 6.80. The predicted molar refractivity (Wildman–Crippen MR) is 107 cm³/mol. The van der Waals surface area contributed by atoms with Crippen molar-refractivity contribution < 1.29 is 14.3 Å². The number of fused-ring (bicyclic) bond motifs is 1. The Kier molecular flexibility index (Phi) is 4.81. The zero-order valence-corrected chi connectivity index (χ0v) is 16.4. The highest BCUT2D eigenvalue weighted by Crippen LogP contribution is 2.43. The second-order valence-corrected chi connectivity index (χ2v) is 7.92. The Morgan fingerprint density at radius 1 is 1.37 bits per heavy atom. The molecule has 1 unspecified atom stereocenters. The number of halogens is 1. The van der Waals surface area contributed by atoms with E-state index in [1.807, 2.05) is 13.1 Å². The number of hydrogen-bond acceptors (Lipinski definition) is 3. The van der Waals surface area contributed by atoms with Crippen molar-refractivity contribution >= 4 is 23.6 Å². The fraction of sp³-hybridized carbons (Fsp3) is 0.364. The lowest BCUT2D eigenvalue weighted by Gasteiger charge is -2.45. The van der Waals surface area contributed by atoms with E-state index in [4.69, 9.17) is 0 Å². The Morgan fingerprint density at radius 3 is 2.74 bits per heavy atom. The first-order chi connectivity index (χ1) is 12.6. The molecule has 0 aromatic heterocycles. The van der Waals surface area contributed by atoms with E-state index in [1.165, 1.54) is 12.3 Å². The molecule has 1 N–H and O–H groups in total. The molecule has 0 saturated carbocycles. The zero-order valence-electron chi connectivity index (χ0n) is 16.4.